The molecule has 0 aliphatic rings. The normalized spacial score (nSPS) is 9.25. The van der Waals surface area contributed by atoms with Crippen molar-refractivity contribution in [3.8, 4) is 0 Å². The predicted molar refractivity (Wildman–Crippen MR) is 34.7 cm³/mol. The second-order valence-corrected chi connectivity index (χ2v) is 1.80. The van der Waals surface area contributed by atoms with Crippen molar-refractivity contribution in [3.05, 3.63) is 12.2 Å². The molecule has 0 atom stereocenters. The van der Waals surface area contributed by atoms with Gasteiger partial charge in [0.1, 0.15) is 0 Å². The molecule has 0 aromatic rings. The molecule has 0 aliphatic carbocycles. The van der Waals surface area contributed by atoms with E-state index in [0.717, 1.165) is 5.57 Å². The molecule has 0 radical (unpaired) electrons. The lowest BCUT2D eigenvalue weighted by Gasteiger charge is -1.99. The van der Waals surface area contributed by atoms with E-state index < -0.39 is 0 Å². The summed E-state index contributed by atoms with van der Waals surface area (Å²) in [6.07, 6.45) is 0. The van der Waals surface area contributed by atoms with Gasteiger partial charge < -0.3 is 4.74 Å². The molecule has 0 saturated heterocycles. The number of hydrogen-bond donors (Lipinski definition) is 1. The SMILES string of the molecule is C=C(C)COCNC. The second kappa shape index (κ2) is 4.81. The van der Waals surface area contributed by atoms with Gasteiger partial charge in [-0.25, -0.2) is 0 Å². The van der Waals surface area contributed by atoms with E-state index >= 15 is 0 Å². The Labute approximate surface area is 50.5 Å². The zero-order valence-corrected chi connectivity index (χ0v) is 5.53. The minimum absolute atomic E-state index is 0.604. The first kappa shape index (κ1) is 7.66. The van der Waals surface area contributed by atoms with E-state index in [0.29, 0.717) is 13.3 Å². The maximum Gasteiger partial charge on any atom is 0.0967 e. The van der Waals surface area contributed by atoms with Gasteiger partial charge in [0.25, 0.3) is 0 Å². The molecule has 0 aromatic carbocycles. The van der Waals surface area contributed by atoms with Crippen molar-refractivity contribution in [2.75, 3.05) is 20.4 Å². The van der Waals surface area contributed by atoms with E-state index in [9.17, 15) is 0 Å². The Hall–Kier alpha value is -0.340. The van der Waals surface area contributed by atoms with Gasteiger partial charge >= 0.3 is 0 Å². The third-order valence-corrected chi connectivity index (χ3v) is 0.595. The van der Waals surface area contributed by atoms with Crippen LogP contribution in [0.15, 0.2) is 12.2 Å². The summed E-state index contributed by atoms with van der Waals surface area (Å²) < 4.78 is 5.03. The Morgan fingerprint density at radius 3 is 2.75 bits per heavy atom. The molecule has 0 heterocycles. The largest absolute Gasteiger partial charge is 0.362 e. The van der Waals surface area contributed by atoms with Crippen molar-refractivity contribution >= 4 is 0 Å². The molecule has 0 amide bonds. The molecule has 0 saturated carbocycles. The summed E-state index contributed by atoms with van der Waals surface area (Å²) in [4.78, 5) is 0. The third kappa shape index (κ3) is 5.66. The molecule has 0 bridgehead atoms. The summed E-state index contributed by atoms with van der Waals surface area (Å²) in [6.45, 7) is 6.87. The van der Waals surface area contributed by atoms with Crippen LogP contribution in [0.3, 0.4) is 0 Å². The second-order valence-electron chi connectivity index (χ2n) is 1.80. The van der Waals surface area contributed by atoms with Crippen LogP contribution in [0.25, 0.3) is 0 Å². The van der Waals surface area contributed by atoms with Crippen molar-refractivity contribution in [3.63, 3.8) is 0 Å². The Balaban J connectivity index is 2.82. The quantitative estimate of drug-likeness (QED) is 0.332. The maximum absolute atomic E-state index is 5.03. The monoisotopic (exact) mass is 115 g/mol. The topological polar surface area (TPSA) is 21.3 Å². The predicted octanol–water partition coefficient (Wildman–Crippen LogP) is 0.756. The molecular weight excluding hydrogens is 102 g/mol. The molecule has 48 valence electrons. The highest BCUT2D eigenvalue weighted by Gasteiger charge is 1.82. The fourth-order valence-electron chi connectivity index (χ4n) is 0.327. The number of ether oxygens (including phenoxy) is 1. The third-order valence-electron chi connectivity index (χ3n) is 0.595. The Morgan fingerprint density at radius 2 is 2.38 bits per heavy atom. The van der Waals surface area contributed by atoms with Gasteiger partial charge in [-0.3, -0.25) is 5.32 Å². The molecule has 0 fully saturated rings. The van der Waals surface area contributed by atoms with Crippen LogP contribution in [0.5, 0.6) is 0 Å². The summed E-state index contributed by atoms with van der Waals surface area (Å²) in [7, 11) is 1.85. The van der Waals surface area contributed by atoms with E-state index in [1.54, 1.807) is 0 Å². The van der Waals surface area contributed by atoms with Crippen LogP contribution < -0.4 is 5.32 Å². The van der Waals surface area contributed by atoms with Crippen LogP contribution in [0, 0.1) is 0 Å². The van der Waals surface area contributed by atoms with Crippen molar-refractivity contribution in [2.24, 2.45) is 0 Å². The molecule has 2 heteroatoms. The molecule has 2 nitrogen and oxygen atoms in total. The van der Waals surface area contributed by atoms with Crippen LogP contribution in [0.2, 0.25) is 0 Å². The first-order valence-electron chi connectivity index (χ1n) is 2.64. The van der Waals surface area contributed by atoms with Crippen LogP contribution in [-0.2, 0) is 4.74 Å². The molecule has 0 rings (SSSR count). The number of rotatable bonds is 4. The smallest absolute Gasteiger partial charge is 0.0967 e. The van der Waals surface area contributed by atoms with Crippen molar-refractivity contribution in [1.29, 1.82) is 0 Å². The highest BCUT2D eigenvalue weighted by Crippen LogP contribution is 1.84. The van der Waals surface area contributed by atoms with Crippen LogP contribution in [-0.4, -0.2) is 20.4 Å². The molecule has 0 unspecified atom stereocenters. The van der Waals surface area contributed by atoms with Gasteiger partial charge in [0.15, 0.2) is 0 Å². The fourth-order valence-corrected chi connectivity index (χ4v) is 0.327. The zero-order valence-electron chi connectivity index (χ0n) is 5.53. The Morgan fingerprint density at radius 1 is 1.75 bits per heavy atom. The summed E-state index contributed by atoms with van der Waals surface area (Å²) in [5, 5.41) is 2.86. The number of nitrogens with one attached hydrogen (secondary N) is 1. The van der Waals surface area contributed by atoms with Crippen molar-refractivity contribution < 1.29 is 4.74 Å². The van der Waals surface area contributed by atoms with Gasteiger partial charge in [0.2, 0.25) is 0 Å². The summed E-state index contributed by atoms with van der Waals surface area (Å²) in [5.74, 6) is 0. The lowest BCUT2D eigenvalue weighted by atomic mass is 10.4. The molecule has 0 aromatic heterocycles. The number of hydrogen-bond acceptors (Lipinski definition) is 2. The molecule has 1 N–H and O–H groups in total. The molecule has 0 aliphatic heterocycles. The Kier molecular flexibility index (Phi) is 4.61. The van der Waals surface area contributed by atoms with Gasteiger partial charge in [-0.1, -0.05) is 12.2 Å². The van der Waals surface area contributed by atoms with Gasteiger partial charge in [-0.2, -0.15) is 0 Å². The minimum Gasteiger partial charge on any atom is -0.362 e. The van der Waals surface area contributed by atoms with Crippen LogP contribution in [0.1, 0.15) is 6.92 Å². The average molecular weight is 115 g/mol. The Bertz CT molecular complexity index is 70.9. The van der Waals surface area contributed by atoms with Gasteiger partial charge in [0.05, 0.1) is 13.3 Å². The maximum atomic E-state index is 5.03. The summed E-state index contributed by atoms with van der Waals surface area (Å²) in [5.41, 5.74) is 1.06. The average Bonchev–Trinajstić information content (AvgIpc) is 1.66. The van der Waals surface area contributed by atoms with Gasteiger partial charge in [-0.15, -0.1) is 0 Å². The summed E-state index contributed by atoms with van der Waals surface area (Å²) >= 11 is 0. The van der Waals surface area contributed by atoms with Gasteiger partial charge in [-0.05, 0) is 14.0 Å². The van der Waals surface area contributed by atoms with Gasteiger partial charge in [0, 0.05) is 0 Å². The fraction of sp³-hybridized carbons (Fsp3) is 0.667. The highest BCUT2D eigenvalue weighted by molar-refractivity contribution is 4.87. The highest BCUT2D eigenvalue weighted by atomic mass is 16.5. The van der Waals surface area contributed by atoms with E-state index in [2.05, 4.69) is 11.9 Å². The van der Waals surface area contributed by atoms with E-state index in [1.807, 2.05) is 14.0 Å². The lowest BCUT2D eigenvalue weighted by Crippen LogP contribution is -2.12. The first-order valence-corrected chi connectivity index (χ1v) is 2.64. The van der Waals surface area contributed by atoms with E-state index in [4.69, 9.17) is 4.74 Å². The van der Waals surface area contributed by atoms with E-state index in [1.165, 1.54) is 0 Å². The molecular formula is C6H13NO. The van der Waals surface area contributed by atoms with E-state index in [-0.39, 0.29) is 0 Å². The lowest BCUT2D eigenvalue weighted by molar-refractivity contribution is 0.143. The zero-order chi connectivity index (χ0) is 6.41. The van der Waals surface area contributed by atoms with Crippen LogP contribution >= 0.6 is 0 Å². The van der Waals surface area contributed by atoms with Crippen molar-refractivity contribution in [1.82, 2.24) is 5.32 Å². The minimum atomic E-state index is 0.604. The van der Waals surface area contributed by atoms with Crippen LogP contribution in [0.4, 0.5) is 0 Å². The van der Waals surface area contributed by atoms with Crippen molar-refractivity contribution in [2.45, 2.75) is 6.92 Å². The molecule has 8 heavy (non-hydrogen) atoms. The molecule has 0 spiro atoms. The first-order chi connectivity index (χ1) is 3.77. The standard InChI is InChI=1S/C6H13NO/c1-6(2)4-8-5-7-3/h7H,1,4-5H2,2-3H3. The summed E-state index contributed by atoms with van der Waals surface area (Å²) in [6, 6.07) is 0.